The number of carboxylic acids is 1. The lowest BCUT2D eigenvalue weighted by Crippen LogP contribution is -2.15. The first-order valence-electron chi connectivity index (χ1n) is 11.1. The van der Waals surface area contributed by atoms with Gasteiger partial charge >= 0.3 is 5.97 Å². The minimum Gasteiger partial charge on any atom is -0.478 e. The zero-order chi connectivity index (χ0) is 25.1. The third-order valence-corrected chi connectivity index (χ3v) is 6.51. The molecule has 35 heavy (non-hydrogen) atoms. The van der Waals surface area contributed by atoms with Crippen LogP contribution in [-0.2, 0) is 4.79 Å². The summed E-state index contributed by atoms with van der Waals surface area (Å²) in [5.41, 5.74) is 10.6. The molecule has 178 valence electrons. The van der Waals surface area contributed by atoms with E-state index in [0.717, 1.165) is 42.0 Å². The van der Waals surface area contributed by atoms with Crippen LogP contribution < -0.4 is 5.73 Å². The molecule has 1 aliphatic carbocycles. The highest BCUT2D eigenvalue weighted by Gasteiger charge is 2.29. The maximum Gasteiger partial charge on any atom is 0.328 e. The molecule has 3 aromatic carbocycles. The predicted molar refractivity (Wildman–Crippen MR) is 137 cm³/mol. The Morgan fingerprint density at radius 2 is 1.71 bits per heavy atom. The second-order valence-corrected chi connectivity index (χ2v) is 8.86. The molecule has 1 saturated carbocycles. The second-order valence-electron chi connectivity index (χ2n) is 8.45. The van der Waals surface area contributed by atoms with E-state index < -0.39 is 17.8 Å². The van der Waals surface area contributed by atoms with Crippen LogP contribution in [0.15, 0.2) is 66.7 Å². The Balaban J connectivity index is 1.99. The number of hydrogen-bond acceptors (Lipinski definition) is 3. The first-order chi connectivity index (χ1) is 16.7. The van der Waals surface area contributed by atoms with Crippen molar-refractivity contribution >= 4 is 46.4 Å². The lowest BCUT2D eigenvalue weighted by molar-refractivity contribution is -0.131. The van der Waals surface area contributed by atoms with Gasteiger partial charge in [0, 0.05) is 11.8 Å². The van der Waals surface area contributed by atoms with E-state index in [-0.39, 0.29) is 22.2 Å². The first kappa shape index (κ1) is 24.4. The average Bonchev–Trinajstić information content (AvgIpc) is 2.78. The van der Waals surface area contributed by atoms with Crippen LogP contribution in [0.2, 0.25) is 5.02 Å². The van der Waals surface area contributed by atoms with Crippen molar-refractivity contribution in [3.05, 3.63) is 105 Å². The normalized spacial score (nSPS) is 14.5. The van der Waals surface area contributed by atoms with E-state index in [1.165, 1.54) is 18.2 Å². The van der Waals surface area contributed by atoms with E-state index in [9.17, 15) is 13.6 Å². The van der Waals surface area contributed by atoms with E-state index in [1.54, 1.807) is 36.4 Å². The Labute approximate surface area is 206 Å². The summed E-state index contributed by atoms with van der Waals surface area (Å²) in [7, 11) is 0. The standard InChI is InChI=1S/C28H23ClF2N2O2/c29-23-15-20(30)10-11-21(23)27(17-2-1-3-17)26(19-9-12-24(32)22(14-19)28(31)33)18-7-4-16(5-8-18)6-13-25(34)35/h4-15,17,33H,1-3,32H2,(H,34,35)/b13-6+,27-26+,33-28?. The molecule has 4 nitrogen and oxygen atoms in total. The van der Waals surface area contributed by atoms with Gasteiger partial charge in [0.25, 0.3) is 0 Å². The van der Waals surface area contributed by atoms with Crippen molar-refractivity contribution in [2.45, 2.75) is 19.3 Å². The van der Waals surface area contributed by atoms with Crippen molar-refractivity contribution in [3.63, 3.8) is 0 Å². The van der Waals surface area contributed by atoms with Crippen molar-refractivity contribution in [2.75, 3.05) is 5.73 Å². The molecule has 4 rings (SSSR count). The van der Waals surface area contributed by atoms with Gasteiger partial charge in [-0.2, -0.15) is 4.39 Å². The number of nitrogen functional groups attached to an aromatic ring is 1. The molecule has 0 heterocycles. The number of hydrogen-bond donors (Lipinski definition) is 3. The number of carbonyl (C=O) groups is 1. The summed E-state index contributed by atoms with van der Waals surface area (Å²) >= 11 is 6.52. The molecule has 0 unspecified atom stereocenters. The van der Waals surface area contributed by atoms with E-state index in [0.29, 0.717) is 16.7 Å². The third kappa shape index (κ3) is 5.33. The number of anilines is 1. The molecule has 3 aromatic rings. The van der Waals surface area contributed by atoms with Crippen LogP contribution in [0.4, 0.5) is 14.5 Å². The molecular weight excluding hydrogens is 470 g/mol. The fourth-order valence-electron chi connectivity index (χ4n) is 4.27. The molecule has 0 saturated heterocycles. The maximum atomic E-state index is 14.0. The Kier molecular flexibility index (Phi) is 7.12. The Bertz CT molecular complexity index is 1360. The summed E-state index contributed by atoms with van der Waals surface area (Å²) in [6, 6.07) is 16.4. The highest BCUT2D eigenvalue weighted by atomic mass is 35.5. The van der Waals surface area contributed by atoms with Crippen molar-refractivity contribution in [3.8, 4) is 0 Å². The van der Waals surface area contributed by atoms with Gasteiger partial charge in [-0.15, -0.1) is 0 Å². The fraction of sp³-hybridized carbons (Fsp3) is 0.143. The number of benzene rings is 3. The molecule has 4 N–H and O–H groups in total. The maximum absolute atomic E-state index is 14.0. The Morgan fingerprint density at radius 1 is 1.03 bits per heavy atom. The summed E-state index contributed by atoms with van der Waals surface area (Å²) in [4.78, 5) is 10.9. The number of allylic oxidation sites excluding steroid dienone is 1. The average molecular weight is 493 g/mol. The molecule has 1 aliphatic rings. The molecule has 0 aromatic heterocycles. The van der Waals surface area contributed by atoms with Gasteiger partial charge in [0.1, 0.15) is 5.82 Å². The van der Waals surface area contributed by atoms with Crippen molar-refractivity contribution in [2.24, 2.45) is 5.92 Å². The molecule has 0 spiro atoms. The van der Waals surface area contributed by atoms with Gasteiger partial charge in [-0.05, 0) is 82.5 Å². The number of nitrogens with one attached hydrogen (secondary N) is 1. The van der Waals surface area contributed by atoms with Crippen molar-refractivity contribution in [1.29, 1.82) is 5.41 Å². The second kappa shape index (κ2) is 10.2. The zero-order valence-corrected chi connectivity index (χ0v) is 19.4. The summed E-state index contributed by atoms with van der Waals surface area (Å²) < 4.78 is 27.9. The quantitative estimate of drug-likeness (QED) is 0.141. The summed E-state index contributed by atoms with van der Waals surface area (Å²) in [6.45, 7) is 0. The molecule has 0 amide bonds. The number of carboxylic acid groups (broad SMARTS) is 1. The van der Waals surface area contributed by atoms with Gasteiger partial charge in [0.15, 0.2) is 0 Å². The van der Waals surface area contributed by atoms with Gasteiger partial charge in [-0.1, -0.05) is 54.4 Å². The van der Waals surface area contributed by atoms with Crippen LogP contribution >= 0.6 is 11.6 Å². The largest absolute Gasteiger partial charge is 0.478 e. The van der Waals surface area contributed by atoms with Crippen molar-refractivity contribution in [1.82, 2.24) is 0 Å². The van der Waals surface area contributed by atoms with Crippen LogP contribution in [0.5, 0.6) is 0 Å². The highest BCUT2D eigenvalue weighted by Crippen LogP contribution is 2.47. The van der Waals surface area contributed by atoms with Crippen LogP contribution in [0, 0.1) is 17.1 Å². The highest BCUT2D eigenvalue weighted by molar-refractivity contribution is 6.32. The molecular formula is C28H23ClF2N2O2. The Hall–Kier alpha value is -3.77. The molecule has 0 bridgehead atoms. The van der Waals surface area contributed by atoms with Gasteiger partial charge in [-0.3, -0.25) is 5.41 Å². The SMILES string of the molecule is N=C(F)c1cc(/C(=C(/c2ccc(F)cc2Cl)C2CCC2)c2ccc(/C=C/C(=O)O)cc2)ccc1N. The smallest absolute Gasteiger partial charge is 0.328 e. The van der Waals surface area contributed by atoms with Crippen LogP contribution in [0.25, 0.3) is 17.2 Å². The Morgan fingerprint density at radius 3 is 2.29 bits per heavy atom. The number of nitrogens with two attached hydrogens (primary N) is 1. The monoisotopic (exact) mass is 492 g/mol. The zero-order valence-electron chi connectivity index (χ0n) is 18.7. The van der Waals surface area contributed by atoms with Gasteiger partial charge < -0.3 is 10.8 Å². The summed E-state index contributed by atoms with van der Waals surface area (Å²) in [5, 5.41) is 16.7. The lowest BCUT2D eigenvalue weighted by Gasteiger charge is -2.32. The molecule has 0 atom stereocenters. The topological polar surface area (TPSA) is 87.2 Å². The van der Waals surface area contributed by atoms with E-state index in [1.807, 2.05) is 12.1 Å². The molecule has 7 heteroatoms. The van der Waals surface area contributed by atoms with Crippen LogP contribution in [0.3, 0.4) is 0 Å². The minimum atomic E-state index is -1.14. The lowest BCUT2D eigenvalue weighted by atomic mass is 9.73. The molecule has 0 radical (unpaired) electrons. The summed E-state index contributed by atoms with van der Waals surface area (Å²) in [5.74, 6) is -2.47. The van der Waals surface area contributed by atoms with Gasteiger partial charge in [0.2, 0.25) is 5.97 Å². The third-order valence-electron chi connectivity index (χ3n) is 6.20. The summed E-state index contributed by atoms with van der Waals surface area (Å²) in [6.07, 6.45) is 5.44. The van der Waals surface area contributed by atoms with E-state index in [4.69, 9.17) is 27.9 Å². The van der Waals surface area contributed by atoms with Gasteiger partial charge in [-0.25, -0.2) is 9.18 Å². The van der Waals surface area contributed by atoms with Gasteiger partial charge in [0.05, 0.1) is 10.6 Å². The van der Waals surface area contributed by atoms with Crippen LogP contribution in [0.1, 0.15) is 47.1 Å². The molecule has 0 aliphatic heterocycles. The number of rotatable bonds is 7. The van der Waals surface area contributed by atoms with E-state index in [2.05, 4.69) is 0 Å². The van der Waals surface area contributed by atoms with Crippen molar-refractivity contribution < 1.29 is 18.7 Å². The minimum absolute atomic E-state index is 0.0147. The van der Waals surface area contributed by atoms with E-state index >= 15 is 0 Å². The fourth-order valence-corrected chi connectivity index (χ4v) is 4.54. The molecule has 1 fully saturated rings. The number of halogens is 3. The predicted octanol–water partition coefficient (Wildman–Crippen LogP) is 7.21. The number of aliphatic carboxylic acids is 1. The van der Waals surface area contributed by atoms with Crippen LogP contribution in [-0.4, -0.2) is 17.0 Å². The first-order valence-corrected chi connectivity index (χ1v) is 11.5.